The Kier molecular flexibility index (Phi) is 2.15. The van der Waals surface area contributed by atoms with E-state index in [9.17, 15) is 5.11 Å². The molecule has 14 heavy (non-hydrogen) atoms. The van der Waals surface area contributed by atoms with Crippen molar-refractivity contribution in [1.29, 1.82) is 0 Å². The molecule has 0 aliphatic heterocycles. The van der Waals surface area contributed by atoms with Crippen molar-refractivity contribution in [2.24, 2.45) is 5.73 Å². The molecule has 0 spiro atoms. The Hall–Kier alpha value is -1.52. The summed E-state index contributed by atoms with van der Waals surface area (Å²) in [6, 6.07) is 6.52. The lowest BCUT2D eigenvalue weighted by Crippen LogP contribution is -2.14. The van der Waals surface area contributed by atoms with Crippen LogP contribution in [0.2, 0.25) is 0 Å². The number of H-pyrrole nitrogens is 1. The van der Waals surface area contributed by atoms with Crippen LogP contribution in [0.25, 0.3) is 10.9 Å². The van der Waals surface area contributed by atoms with Crippen LogP contribution in [0.3, 0.4) is 0 Å². The Morgan fingerprint density at radius 3 is 2.86 bits per heavy atom. The summed E-state index contributed by atoms with van der Waals surface area (Å²) in [5, 5.41) is 19.1. The minimum Gasteiger partial charge on any atom is -0.508 e. The zero-order chi connectivity index (χ0) is 10.1. The number of phenols is 1. The zero-order valence-electron chi connectivity index (χ0n) is 7.57. The standard InChI is InChI=1S/C10H12N2O2/c11-8(5-13)10-3-6-1-2-7(14)4-9(6)12-10/h1-4,8,12-14H,5,11H2/t8-/m1/s1. The van der Waals surface area contributed by atoms with E-state index in [2.05, 4.69) is 4.98 Å². The van der Waals surface area contributed by atoms with Gasteiger partial charge >= 0.3 is 0 Å². The zero-order valence-corrected chi connectivity index (χ0v) is 7.57. The number of aliphatic hydroxyl groups excluding tert-OH is 1. The molecule has 0 bridgehead atoms. The van der Waals surface area contributed by atoms with E-state index in [1.807, 2.05) is 6.07 Å². The summed E-state index contributed by atoms with van der Waals surface area (Å²) < 4.78 is 0. The third-order valence-electron chi connectivity index (χ3n) is 2.22. The van der Waals surface area contributed by atoms with Gasteiger partial charge in [0.05, 0.1) is 12.6 Å². The van der Waals surface area contributed by atoms with Gasteiger partial charge in [0.1, 0.15) is 5.75 Å². The Morgan fingerprint density at radius 1 is 1.36 bits per heavy atom. The number of aliphatic hydroxyl groups is 1. The van der Waals surface area contributed by atoms with E-state index in [4.69, 9.17) is 10.8 Å². The monoisotopic (exact) mass is 192 g/mol. The van der Waals surface area contributed by atoms with Gasteiger partial charge in [-0.25, -0.2) is 0 Å². The summed E-state index contributed by atoms with van der Waals surface area (Å²) in [5.74, 6) is 0.212. The number of aromatic amines is 1. The summed E-state index contributed by atoms with van der Waals surface area (Å²) in [5.41, 5.74) is 7.25. The van der Waals surface area contributed by atoms with Crippen LogP contribution in [-0.4, -0.2) is 21.8 Å². The van der Waals surface area contributed by atoms with E-state index in [-0.39, 0.29) is 12.4 Å². The van der Waals surface area contributed by atoms with Gasteiger partial charge in [-0.3, -0.25) is 0 Å². The van der Waals surface area contributed by atoms with E-state index < -0.39 is 6.04 Å². The van der Waals surface area contributed by atoms with Gasteiger partial charge in [0.2, 0.25) is 0 Å². The van der Waals surface area contributed by atoms with Gasteiger partial charge in [-0.15, -0.1) is 0 Å². The van der Waals surface area contributed by atoms with Crippen molar-refractivity contribution >= 4 is 10.9 Å². The molecular formula is C10H12N2O2. The number of rotatable bonds is 2. The molecule has 4 heteroatoms. The first-order valence-corrected chi connectivity index (χ1v) is 4.39. The Labute approximate surface area is 81.0 Å². The lowest BCUT2D eigenvalue weighted by Gasteiger charge is -2.03. The normalized spacial score (nSPS) is 13.3. The lowest BCUT2D eigenvalue weighted by atomic mass is 10.2. The molecule has 2 rings (SSSR count). The van der Waals surface area contributed by atoms with E-state index in [0.29, 0.717) is 0 Å². The van der Waals surface area contributed by atoms with Crippen molar-refractivity contribution in [3.05, 3.63) is 30.0 Å². The Bertz CT molecular complexity index is 450. The van der Waals surface area contributed by atoms with Gasteiger partial charge in [-0.1, -0.05) is 0 Å². The van der Waals surface area contributed by atoms with Crippen LogP contribution in [0.4, 0.5) is 0 Å². The second-order valence-electron chi connectivity index (χ2n) is 3.29. The third kappa shape index (κ3) is 1.45. The van der Waals surface area contributed by atoms with Gasteiger partial charge in [0.25, 0.3) is 0 Å². The Morgan fingerprint density at radius 2 is 2.14 bits per heavy atom. The highest BCUT2D eigenvalue weighted by Gasteiger charge is 2.07. The van der Waals surface area contributed by atoms with Gasteiger partial charge in [0.15, 0.2) is 0 Å². The molecule has 0 aliphatic rings. The van der Waals surface area contributed by atoms with E-state index in [1.54, 1.807) is 18.2 Å². The van der Waals surface area contributed by atoms with Gasteiger partial charge in [0, 0.05) is 17.3 Å². The quantitative estimate of drug-likeness (QED) is 0.569. The van der Waals surface area contributed by atoms with E-state index >= 15 is 0 Å². The van der Waals surface area contributed by atoms with Crippen LogP contribution >= 0.6 is 0 Å². The highest BCUT2D eigenvalue weighted by molar-refractivity contribution is 5.81. The highest BCUT2D eigenvalue weighted by atomic mass is 16.3. The van der Waals surface area contributed by atoms with Crippen LogP contribution in [0.15, 0.2) is 24.3 Å². The summed E-state index contributed by atoms with van der Waals surface area (Å²) in [6.45, 7) is -0.0984. The molecule has 1 aromatic heterocycles. The average molecular weight is 192 g/mol. The minimum atomic E-state index is -0.399. The molecule has 1 heterocycles. The molecule has 0 aliphatic carbocycles. The predicted molar refractivity (Wildman–Crippen MR) is 54.0 cm³/mol. The molecule has 5 N–H and O–H groups in total. The second-order valence-corrected chi connectivity index (χ2v) is 3.29. The fraction of sp³-hybridized carbons (Fsp3) is 0.200. The van der Waals surface area contributed by atoms with Crippen molar-refractivity contribution < 1.29 is 10.2 Å². The SMILES string of the molecule is N[C@H](CO)c1cc2ccc(O)cc2[nH]1. The van der Waals surface area contributed by atoms with Crippen LogP contribution in [-0.2, 0) is 0 Å². The first-order valence-electron chi connectivity index (χ1n) is 4.39. The van der Waals surface area contributed by atoms with E-state index in [1.165, 1.54) is 0 Å². The summed E-state index contributed by atoms with van der Waals surface area (Å²) in [7, 11) is 0. The number of fused-ring (bicyclic) bond motifs is 1. The number of nitrogens with two attached hydrogens (primary N) is 1. The maximum absolute atomic E-state index is 9.23. The van der Waals surface area contributed by atoms with Crippen molar-refractivity contribution in [1.82, 2.24) is 4.98 Å². The summed E-state index contributed by atoms with van der Waals surface area (Å²) >= 11 is 0. The molecule has 1 atom stereocenters. The number of hydrogen-bond donors (Lipinski definition) is 4. The van der Waals surface area contributed by atoms with Gasteiger partial charge < -0.3 is 20.9 Å². The molecular weight excluding hydrogens is 180 g/mol. The number of hydrogen-bond acceptors (Lipinski definition) is 3. The molecule has 0 fully saturated rings. The van der Waals surface area contributed by atoms with Crippen molar-refractivity contribution in [2.45, 2.75) is 6.04 Å². The first kappa shape index (κ1) is 9.05. The number of aromatic nitrogens is 1. The van der Waals surface area contributed by atoms with E-state index in [0.717, 1.165) is 16.6 Å². The first-order chi connectivity index (χ1) is 6.70. The molecule has 4 nitrogen and oxygen atoms in total. The van der Waals surface area contributed by atoms with Gasteiger partial charge in [-0.2, -0.15) is 0 Å². The van der Waals surface area contributed by atoms with Crippen LogP contribution in [0.5, 0.6) is 5.75 Å². The van der Waals surface area contributed by atoms with Crippen LogP contribution in [0.1, 0.15) is 11.7 Å². The van der Waals surface area contributed by atoms with Crippen LogP contribution < -0.4 is 5.73 Å². The summed E-state index contributed by atoms with van der Waals surface area (Å²) in [6.07, 6.45) is 0. The largest absolute Gasteiger partial charge is 0.508 e. The maximum atomic E-state index is 9.23. The number of nitrogens with one attached hydrogen (secondary N) is 1. The van der Waals surface area contributed by atoms with Crippen molar-refractivity contribution in [3.63, 3.8) is 0 Å². The second kappa shape index (κ2) is 3.32. The number of aromatic hydroxyl groups is 1. The fourth-order valence-corrected chi connectivity index (χ4v) is 1.44. The highest BCUT2D eigenvalue weighted by Crippen LogP contribution is 2.22. The molecule has 2 aromatic rings. The molecule has 0 saturated heterocycles. The molecule has 0 saturated carbocycles. The van der Waals surface area contributed by atoms with Crippen molar-refractivity contribution in [3.8, 4) is 5.75 Å². The molecule has 1 aromatic carbocycles. The number of phenolic OH excluding ortho intramolecular Hbond substituents is 1. The fourth-order valence-electron chi connectivity index (χ4n) is 1.44. The minimum absolute atomic E-state index is 0.0984. The topological polar surface area (TPSA) is 82.3 Å². The van der Waals surface area contributed by atoms with Crippen molar-refractivity contribution in [2.75, 3.05) is 6.61 Å². The predicted octanol–water partition coefficient (Wildman–Crippen LogP) is 0.866. The average Bonchev–Trinajstić information content (AvgIpc) is 2.59. The molecule has 0 unspecified atom stereocenters. The maximum Gasteiger partial charge on any atom is 0.117 e. The molecule has 0 radical (unpaired) electrons. The summed E-state index contributed by atoms with van der Waals surface area (Å²) in [4.78, 5) is 3.04. The lowest BCUT2D eigenvalue weighted by molar-refractivity contribution is 0.266. The number of benzene rings is 1. The molecule has 74 valence electrons. The smallest absolute Gasteiger partial charge is 0.117 e. The Balaban J connectivity index is 2.51. The third-order valence-corrected chi connectivity index (χ3v) is 2.22. The molecule has 0 amide bonds. The van der Waals surface area contributed by atoms with Gasteiger partial charge in [-0.05, 0) is 23.6 Å². The van der Waals surface area contributed by atoms with Crippen LogP contribution in [0, 0.1) is 0 Å².